The lowest BCUT2D eigenvalue weighted by Crippen LogP contribution is -2.29. The fourth-order valence-corrected chi connectivity index (χ4v) is 4.96. The highest BCUT2D eigenvalue weighted by Crippen LogP contribution is 2.44. The quantitative estimate of drug-likeness (QED) is 0.190. The molecule has 0 aliphatic carbocycles. The number of hydrogen-bond acceptors (Lipinski definition) is 4. The van der Waals surface area contributed by atoms with Gasteiger partial charge in [-0.05, 0) is 60.9 Å². The molecule has 1 fully saturated rings. The SMILES string of the molecule is CCCOc1ccc(/C(O)=C2\C(=O)C(=O)N(c3ccc(CC)cc3)C2c2cn(C)c3ccccc23)cc1. The van der Waals surface area contributed by atoms with Crippen LogP contribution in [0.2, 0.25) is 0 Å². The number of anilines is 1. The monoisotopic (exact) mass is 494 g/mol. The molecule has 3 aromatic carbocycles. The number of carbonyl (C=O) groups excluding carboxylic acids is 2. The standard InChI is InChI=1S/C31H30N2O4/c1-4-18-37-23-16-12-21(13-17-23)29(34)27-28(25-19-32(3)26-9-7-6-8-24(25)26)33(31(36)30(27)35)22-14-10-20(5-2)11-15-22/h6-17,19,28,34H,4-5,18H2,1-3H3/b29-27+. The van der Waals surface area contributed by atoms with Crippen molar-refractivity contribution in [2.45, 2.75) is 32.7 Å². The van der Waals surface area contributed by atoms with Crippen LogP contribution in [0.3, 0.4) is 0 Å². The largest absolute Gasteiger partial charge is 0.507 e. The fourth-order valence-electron chi connectivity index (χ4n) is 4.96. The number of benzene rings is 3. The number of carbonyl (C=O) groups is 2. The van der Waals surface area contributed by atoms with Gasteiger partial charge in [-0.1, -0.05) is 44.2 Å². The summed E-state index contributed by atoms with van der Waals surface area (Å²) in [5.74, 6) is -0.889. The first-order valence-electron chi connectivity index (χ1n) is 12.6. The van der Waals surface area contributed by atoms with E-state index in [-0.39, 0.29) is 11.3 Å². The average molecular weight is 495 g/mol. The Morgan fingerprint density at radius 3 is 2.32 bits per heavy atom. The second-order valence-electron chi connectivity index (χ2n) is 9.27. The lowest BCUT2D eigenvalue weighted by Gasteiger charge is -2.25. The van der Waals surface area contributed by atoms with Gasteiger partial charge in [0.2, 0.25) is 0 Å². The van der Waals surface area contributed by atoms with Crippen molar-refractivity contribution in [2.75, 3.05) is 11.5 Å². The van der Waals surface area contributed by atoms with Gasteiger partial charge in [-0.25, -0.2) is 0 Å². The van der Waals surface area contributed by atoms with E-state index in [4.69, 9.17) is 4.74 Å². The van der Waals surface area contributed by atoms with E-state index in [0.29, 0.717) is 23.6 Å². The molecule has 6 heteroatoms. The van der Waals surface area contributed by atoms with E-state index in [1.165, 1.54) is 4.90 Å². The summed E-state index contributed by atoms with van der Waals surface area (Å²) < 4.78 is 7.64. The number of nitrogens with zero attached hydrogens (tertiary/aromatic N) is 2. The zero-order chi connectivity index (χ0) is 26.1. The molecule has 2 heterocycles. The number of fused-ring (bicyclic) bond motifs is 1. The molecule has 0 saturated carbocycles. The molecule has 0 spiro atoms. The molecule has 1 amide bonds. The topological polar surface area (TPSA) is 71.8 Å². The van der Waals surface area contributed by atoms with Crippen LogP contribution in [0.4, 0.5) is 5.69 Å². The van der Waals surface area contributed by atoms with Crippen molar-refractivity contribution in [1.82, 2.24) is 4.57 Å². The molecule has 1 aliphatic rings. The Morgan fingerprint density at radius 1 is 0.946 bits per heavy atom. The van der Waals surface area contributed by atoms with Crippen molar-refractivity contribution in [1.29, 1.82) is 0 Å². The normalized spacial score (nSPS) is 17.1. The van der Waals surface area contributed by atoms with E-state index in [1.54, 1.807) is 24.3 Å². The summed E-state index contributed by atoms with van der Waals surface area (Å²) >= 11 is 0. The summed E-state index contributed by atoms with van der Waals surface area (Å²) in [6.45, 7) is 4.69. The number of rotatable bonds is 7. The summed E-state index contributed by atoms with van der Waals surface area (Å²) in [6.07, 6.45) is 3.68. The highest BCUT2D eigenvalue weighted by atomic mass is 16.5. The molecular formula is C31H30N2O4. The smallest absolute Gasteiger partial charge is 0.300 e. The minimum Gasteiger partial charge on any atom is -0.507 e. The molecule has 1 saturated heterocycles. The van der Waals surface area contributed by atoms with Crippen LogP contribution in [-0.4, -0.2) is 28.0 Å². The molecular weight excluding hydrogens is 464 g/mol. The number of ketones is 1. The first-order chi connectivity index (χ1) is 17.9. The van der Waals surface area contributed by atoms with Gasteiger partial charge in [0.1, 0.15) is 11.5 Å². The first kappa shape index (κ1) is 24.4. The molecule has 1 N–H and O–H groups in total. The Kier molecular flexibility index (Phi) is 6.57. The Morgan fingerprint density at radius 2 is 1.65 bits per heavy atom. The highest BCUT2D eigenvalue weighted by molar-refractivity contribution is 6.51. The van der Waals surface area contributed by atoms with Crippen molar-refractivity contribution in [3.05, 3.63) is 101 Å². The van der Waals surface area contributed by atoms with E-state index >= 15 is 0 Å². The van der Waals surface area contributed by atoms with Gasteiger partial charge in [-0.2, -0.15) is 0 Å². The highest BCUT2D eigenvalue weighted by Gasteiger charge is 2.47. The zero-order valence-electron chi connectivity index (χ0n) is 21.3. The van der Waals surface area contributed by atoms with E-state index in [2.05, 4.69) is 6.92 Å². The maximum Gasteiger partial charge on any atom is 0.300 e. The Labute approximate surface area is 216 Å². The second kappa shape index (κ2) is 9.97. The van der Waals surface area contributed by atoms with Crippen LogP contribution in [-0.2, 0) is 23.1 Å². The number of amides is 1. The molecule has 188 valence electrons. The summed E-state index contributed by atoms with van der Waals surface area (Å²) in [5.41, 5.74) is 4.02. The van der Waals surface area contributed by atoms with E-state index in [0.717, 1.165) is 34.9 Å². The van der Waals surface area contributed by atoms with Gasteiger partial charge in [0.05, 0.1) is 18.2 Å². The zero-order valence-corrected chi connectivity index (χ0v) is 21.3. The minimum atomic E-state index is -0.783. The first-order valence-corrected chi connectivity index (χ1v) is 12.6. The third-order valence-electron chi connectivity index (χ3n) is 6.89. The number of aromatic nitrogens is 1. The number of para-hydroxylation sites is 1. The number of ether oxygens (including phenoxy) is 1. The summed E-state index contributed by atoms with van der Waals surface area (Å²) in [6, 6.07) is 21.7. The lowest BCUT2D eigenvalue weighted by atomic mass is 9.94. The maximum absolute atomic E-state index is 13.5. The van der Waals surface area contributed by atoms with E-state index < -0.39 is 17.7 Å². The molecule has 1 aliphatic heterocycles. The molecule has 1 aromatic heterocycles. The minimum absolute atomic E-state index is 0.0724. The second-order valence-corrected chi connectivity index (χ2v) is 9.27. The fraction of sp³-hybridized carbons (Fsp3) is 0.226. The molecule has 1 unspecified atom stereocenters. The molecule has 37 heavy (non-hydrogen) atoms. The Hall–Kier alpha value is -4.32. The molecule has 0 bridgehead atoms. The third-order valence-corrected chi connectivity index (χ3v) is 6.89. The van der Waals surface area contributed by atoms with Gasteiger partial charge in [0.15, 0.2) is 0 Å². The molecule has 6 nitrogen and oxygen atoms in total. The van der Waals surface area contributed by atoms with Crippen molar-refractivity contribution < 1.29 is 19.4 Å². The van der Waals surface area contributed by atoms with Crippen LogP contribution < -0.4 is 9.64 Å². The summed E-state index contributed by atoms with van der Waals surface area (Å²) in [4.78, 5) is 28.5. The van der Waals surface area contributed by atoms with Gasteiger partial charge < -0.3 is 14.4 Å². The predicted octanol–water partition coefficient (Wildman–Crippen LogP) is 6.16. The van der Waals surface area contributed by atoms with Crippen LogP contribution in [0.5, 0.6) is 5.75 Å². The van der Waals surface area contributed by atoms with Gasteiger partial charge in [0.25, 0.3) is 11.7 Å². The van der Waals surface area contributed by atoms with Crippen molar-refractivity contribution in [3.8, 4) is 5.75 Å². The van der Waals surface area contributed by atoms with E-state index in [1.807, 2.05) is 73.3 Å². The van der Waals surface area contributed by atoms with Gasteiger partial charge in [0, 0.05) is 41.0 Å². The number of aliphatic hydroxyl groups excluding tert-OH is 1. The average Bonchev–Trinajstić information content (AvgIpc) is 3.40. The van der Waals surface area contributed by atoms with Gasteiger partial charge >= 0.3 is 0 Å². The lowest BCUT2D eigenvalue weighted by molar-refractivity contribution is -0.132. The van der Waals surface area contributed by atoms with Crippen LogP contribution in [0, 0.1) is 0 Å². The Bertz CT molecular complexity index is 1500. The Balaban J connectivity index is 1.70. The maximum atomic E-state index is 13.5. The van der Waals surface area contributed by atoms with Crippen LogP contribution in [0.25, 0.3) is 16.7 Å². The van der Waals surface area contributed by atoms with Crippen LogP contribution >= 0.6 is 0 Å². The number of Topliss-reactive ketones (excluding diaryl/α,β-unsaturated/α-hetero) is 1. The van der Waals surface area contributed by atoms with Gasteiger partial charge in [-0.15, -0.1) is 0 Å². The molecule has 1 atom stereocenters. The van der Waals surface area contributed by atoms with Gasteiger partial charge in [-0.3, -0.25) is 14.5 Å². The van der Waals surface area contributed by atoms with E-state index in [9.17, 15) is 14.7 Å². The molecule has 5 rings (SSSR count). The van der Waals surface area contributed by atoms with Crippen molar-refractivity contribution in [3.63, 3.8) is 0 Å². The van der Waals surface area contributed by atoms with Crippen molar-refractivity contribution in [2.24, 2.45) is 7.05 Å². The summed E-state index contributed by atoms with van der Waals surface area (Å²) in [5, 5.41) is 12.4. The molecule has 0 radical (unpaired) electrons. The number of aliphatic hydroxyl groups is 1. The summed E-state index contributed by atoms with van der Waals surface area (Å²) in [7, 11) is 1.93. The van der Waals surface area contributed by atoms with Crippen molar-refractivity contribution >= 4 is 34.0 Å². The third kappa shape index (κ3) is 4.29. The number of aryl methyl sites for hydroxylation is 2. The predicted molar refractivity (Wildman–Crippen MR) is 146 cm³/mol. The number of hydrogen-bond donors (Lipinski definition) is 1. The van der Waals surface area contributed by atoms with Crippen LogP contribution in [0.15, 0.2) is 84.6 Å². The molecule has 4 aromatic rings. The van der Waals surface area contributed by atoms with Crippen LogP contribution in [0.1, 0.15) is 43.0 Å².